The van der Waals surface area contributed by atoms with Crippen LogP contribution in [0.5, 0.6) is 0 Å². The standard InChI is InChI=1S/2C6H5NO2.Ca/c2*8-6(9)5-3-1-2-4-7-5;/h2*1-4H,(H,8,9);/q;;+2/p-2. The monoisotopic (exact) mass is 284 g/mol. The van der Waals surface area contributed by atoms with Crippen LogP contribution >= 0.6 is 0 Å². The fourth-order valence-electron chi connectivity index (χ4n) is 0.967. The molecule has 0 unspecified atom stereocenters. The third kappa shape index (κ3) is 6.85. The SMILES string of the molecule is O=C([O-])c1ccccn1.O=C([O-])c1ccccn1.[Ca+2]. The molecule has 92 valence electrons. The molecule has 0 aliphatic carbocycles. The molecule has 0 atom stereocenters. The molecule has 0 aliphatic heterocycles. The minimum Gasteiger partial charge on any atom is -0.543 e. The van der Waals surface area contributed by atoms with Gasteiger partial charge in [0.1, 0.15) is 0 Å². The van der Waals surface area contributed by atoms with E-state index < -0.39 is 11.9 Å². The van der Waals surface area contributed by atoms with E-state index in [1.165, 1.54) is 24.5 Å². The van der Waals surface area contributed by atoms with Crippen molar-refractivity contribution in [1.82, 2.24) is 9.97 Å². The van der Waals surface area contributed by atoms with E-state index in [2.05, 4.69) is 9.97 Å². The summed E-state index contributed by atoms with van der Waals surface area (Å²) in [4.78, 5) is 27.1. The summed E-state index contributed by atoms with van der Waals surface area (Å²) in [6.45, 7) is 0. The molecule has 0 N–H and O–H groups in total. The van der Waals surface area contributed by atoms with Crippen LogP contribution in [-0.2, 0) is 0 Å². The second-order valence-electron chi connectivity index (χ2n) is 3.00. The van der Waals surface area contributed by atoms with Gasteiger partial charge in [-0.05, 0) is 24.3 Å². The largest absolute Gasteiger partial charge is 2.00 e. The number of hydrogen-bond donors (Lipinski definition) is 0. The minimum atomic E-state index is -1.24. The Balaban J connectivity index is 0.000000324. The van der Waals surface area contributed by atoms with Gasteiger partial charge in [0.05, 0.1) is 23.3 Å². The summed E-state index contributed by atoms with van der Waals surface area (Å²) in [5, 5.41) is 20.1. The van der Waals surface area contributed by atoms with Gasteiger partial charge in [-0.3, -0.25) is 9.97 Å². The van der Waals surface area contributed by atoms with Crippen LogP contribution in [0, 0.1) is 0 Å². The van der Waals surface area contributed by atoms with Gasteiger partial charge in [-0.25, -0.2) is 0 Å². The van der Waals surface area contributed by atoms with E-state index in [1.54, 1.807) is 24.3 Å². The van der Waals surface area contributed by atoms with Crippen molar-refractivity contribution in [3.8, 4) is 0 Å². The van der Waals surface area contributed by atoms with Gasteiger partial charge in [0.2, 0.25) is 0 Å². The summed E-state index contributed by atoms with van der Waals surface area (Å²) in [5.41, 5.74) is -0.0602. The molecule has 7 heteroatoms. The van der Waals surface area contributed by atoms with Crippen molar-refractivity contribution < 1.29 is 19.8 Å². The minimum absolute atomic E-state index is 0. The van der Waals surface area contributed by atoms with Crippen molar-refractivity contribution in [2.75, 3.05) is 0 Å². The summed E-state index contributed by atoms with van der Waals surface area (Å²) >= 11 is 0. The molecular weight excluding hydrogens is 276 g/mol. The molecule has 0 radical (unpaired) electrons. The number of carboxylic acids is 2. The normalized spacial score (nSPS) is 8.42. The second-order valence-corrected chi connectivity index (χ2v) is 3.00. The van der Waals surface area contributed by atoms with Crippen molar-refractivity contribution >= 4 is 49.7 Å². The number of nitrogens with zero attached hydrogens (tertiary/aromatic N) is 2. The number of carbonyl (C=O) groups is 2. The molecule has 0 bridgehead atoms. The molecular formula is C12H8CaN2O4. The predicted octanol–water partition coefficient (Wildman–Crippen LogP) is -1.49. The molecule has 6 nitrogen and oxygen atoms in total. The molecule has 0 spiro atoms. The van der Waals surface area contributed by atoms with Crippen molar-refractivity contribution in [2.45, 2.75) is 0 Å². The quantitative estimate of drug-likeness (QED) is 0.622. The number of hydrogen-bond acceptors (Lipinski definition) is 6. The summed E-state index contributed by atoms with van der Waals surface area (Å²) in [7, 11) is 0. The Morgan fingerprint density at radius 3 is 1.32 bits per heavy atom. The molecule has 0 aliphatic rings. The fourth-order valence-corrected chi connectivity index (χ4v) is 0.967. The molecule has 2 aromatic rings. The number of carbonyl (C=O) groups excluding carboxylic acids is 2. The van der Waals surface area contributed by atoms with Crippen LogP contribution < -0.4 is 10.2 Å². The first-order valence-corrected chi connectivity index (χ1v) is 4.86. The summed E-state index contributed by atoms with van der Waals surface area (Å²) in [6, 6.07) is 9.25. The number of rotatable bonds is 2. The van der Waals surface area contributed by atoms with Gasteiger partial charge in [-0.2, -0.15) is 0 Å². The van der Waals surface area contributed by atoms with Crippen molar-refractivity contribution in [3.05, 3.63) is 60.2 Å². The van der Waals surface area contributed by atoms with Crippen LogP contribution in [0.3, 0.4) is 0 Å². The van der Waals surface area contributed by atoms with Gasteiger partial charge in [-0.1, -0.05) is 12.1 Å². The third-order valence-corrected chi connectivity index (χ3v) is 1.75. The fraction of sp³-hybridized carbons (Fsp3) is 0. The first-order chi connectivity index (χ1) is 8.61. The molecule has 19 heavy (non-hydrogen) atoms. The number of aromatic nitrogens is 2. The first kappa shape index (κ1) is 17.5. The van der Waals surface area contributed by atoms with Crippen molar-refractivity contribution in [1.29, 1.82) is 0 Å². The van der Waals surface area contributed by atoms with Gasteiger partial charge in [0.15, 0.2) is 0 Å². The maximum atomic E-state index is 10.0. The van der Waals surface area contributed by atoms with Crippen molar-refractivity contribution in [2.24, 2.45) is 0 Å². The van der Waals surface area contributed by atoms with Gasteiger partial charge < -0.3 is 19.8 Å². The van der Waals surface area contributed by atoms with Crippen LogP contribution in [0.2, 0.25) is 0 Å². The van der Waals surface area contributed by atoms with E-state index in [1.807, 2.05) is 0 Å². The van der Waals surface area contributed by atoms with Crippen molar-refractivity contribution in [3.63, 3.8) is 0 Å². The van der Waals surface area contributed by atoms with Crippen LogP contribution in [0.1, 0.15) is 21.0 Å². The molecule has 2 rings (SSSR count). The molecule has 2 aromatic heterocycles. The van der Waals surface area contributed by atoms with E-state index in [9.17, 15) is 19.8 Å². The van der Waals surface area contributed by atoms with Gasteiger partial charge in [0.25, 0.3) is 0 Å². The number of carboxylic acid groups (broad SMARTS) is 2. The Bertz CT molecular complexity index is 470. The Labute approximate surface area is 139 Å². The molecule has 2 heterocycles. The Morgan fingerprint density at radius 2 is 1.16 bits per heavy atom. The summed E-state index contributed by atoms with van der Waals surface area (Å²) in [5.74, 6) is -2.48. The van der Waals surface area contributed by atoms with Crippen LogP contribution in [0.25, 0.3) is 0 Å². The van der Waals surface area contributed by atoms with Crippen LogP contribution in [0.4, 0.5) is 0 Å². The average Bonchev–Trinajstić information content (AvgIpc) is 2.41. The Hall–Kier alpha value is -1.50. The molecule has 0 saturated heterocycles. The number of aromatic carboxylic acids is 2. The van der Waals surface area contributed by atoms with E-state index in [-0.39, 0.29) is 49.1 Å². The molecule has 0 fully saturated rings. The average molecular weight is 284 g/mol. The molecule has 0 aromatic carbocycles. The first-order valence-electron chi connectivity index (χ1n) is 4.86. The maximum Gasteiger partial charge on any atom is 2.00 e. The maximum absolute atomic E-state index is 10.0. The molecule has 0 amide bonds. The number of pyridine rings is 2. The smallest absolute Gasteiger partial charge is 0.543 e. The van der Waals surface area contributed by atoms with E-state index in [0.29, 0.717) is 0 Å². The van der Waals surface area contributed by atoms with E-state index >= 15 is 0 Å². The van der Waals surface area contributed by atoms with Gasteiger partial charge >= 0.3 is 37.7 Å². The van der Waals surface area contributed by atoms with Crippen LogP contribution in [-0.4, -0.2) is 59.6 Å². The summed E-state index contributed by atoms with van der Waals surface area (Å²) in [6.07, 6.45) is 2.82. The predicted molar refractivity (Wildman–Crippen MR) is 62.9 cm³/mol. The molecule has 0 saturated carbocycles. The van der Waals surface area contributed by atoms with Gasteiger partial charge in [0, 0.05) is 12.4 Å². The second kappa shape index (κ2) is 9.43. The van der Waals surface area contributed by atoms with Crippen LogP contribution in [0.15, 0.2) is 48.8 Å². The Morgan fingerprint density at radius 1 is 0.789 bits per heavy atom. The zero-order chi connectivity index (χ0) is 13.4. The zero-order valence-corrected chi connectivity index (χ0v) is 12.1. The zero-order valence-electron chi connectivity index (χ0n) is 9.85. The van der Waals surface area contributed by atoms with E-state index in [4.69, 9.17) is 0 Å². The topological polar surface area (TPSA) is 106 Å². The summed E-state index contributed by atoms with van der Waals surface area (Å²) < 4.78 is 0. The van der Waals surface area contributed by atoms with E-state index in [0.717, 1.165) is 0 Å². The Kier molecular flexibility index (Phi) is 8.69. The third-order valence-electron chi connectivity index (χ3n) is 1.75. The van der Waals surface area contributed by atoms with Gasteiger partial charge in [-0.15, -0.1) is 0 Å².